The topological polar surface area (TPSA) is 28.2 Å². The van der Waals surface area contributed by atoms with Crippen molar-refractivity contribution in [3.8, 4) is 0 Å². The van der Waals surface area contributed by atoms with Crippen LogP contribution in [0.5, 0.6) is 0 Å². The minimum Gasteiger partial charge on any atom is -0.355 e. The Hall–Kier alpha value is -0.800. The molecule has 118 valence electrons. The standard InChI is InChI=1S/C17H28ClN3/c1-13(2)19-11-14-10-15(18)16(20-12-14)21-8-5-6-17(3,4)7-9-21/h10,12-13,19H,5-9,11H2,1-4H3. The minimum atomic E-state index is 0.433. The van der Waals surface area contributed by atoms with Gasteiger partial charge < -0.3 is 10.2 Å². The molecule has 0 bridgehead atoms. The van der Waals surface area contributed by atoms with Crippen molar-refractivity contribution >= 4 is 17.4 Å². The quantitative estimate of drug-likeness (QED) is 0.901. The summed E-state index contributed by atoms with van der Waals surface area (Å²) in [5, 5.41) is 4.17. The van der Waals surface area contributed by atoms with Gasteiger partial charge in [-0.25, -0.2) is 4.98 Å². The van der Waals surface area contributed by atoms with E-state index in [4.69, 9.17) is 11.6 Å². The van der Waals surface area contributed by atoms with Crippen LogP contribution in [-0.4, -0.2) is 24.1 Å². The molecule has 3 nitrogen and oxygen atoms in total. The average molecular weight is 310 g/mol. The summed E-state index contributed by atoms with van der Waals surface area (Å²) in [6.45, 7) is 11.9. The zero-order valence-electron chi connectivity index (χ0n) is 13.7. The monoisotopic (exact) mass is 309 g/mol. The number of halogens is 1. The SMILES string of the molecule is CC(C)NCc1cnc(N2CCCC(C)(C)CC2)c(Cl)c1. The summed E-state index contributed by atoms with van der Waals surface area (Å²) < 4.78 is 0. The van der Waals surface area contributed by atoms with Gasteiger partial charge in [0.1, 0.15) is 5.82 Å². The summed E-state index contributed by atoms with van der Waals surface area (Å²) in [5.41, 5.74) is 1.58. The Kier molecular flexibility index (Phi) is 5.50. The highest BCUT2D eigenvalue weighted by molar-refractivity contribution is 6.33. The maximum absolute atomic E-state index is 6.47. The third-order valence-corrected chi connectivity index (χ3v) is 4.51. The first-order chi connectivity index (χ1) is 9.87. The molecule has 2 rings (SSSR count). The predicted molar refractivity (Wildman–Crippen MR) is 91.1 cm³/mol. The molecular weight excluding hydrogens is 282 g/mol. The lowest BCUT2D eigenvalue weighted by Crippen LogP contribution is -2.26. The van der Waals surface area contributed by atoms with Gasteiger partial charge in [0, 0.05) is 31.9 Å². The number of pyridine rings is 1. The second-order valence-electron chi connectivity index (χ2n) is 7.19. The molecule has 21 heavy (non-hydrogen) atoms. The van der Waals surface area contributed by atoms with Crippen LogP contribution in [0.2, 0.25) is 5.02 Å². The van der Waals surface area contributed by atoms with E-state index in [1.54, 1.807) is 0 Å². The number of nitrogens with one attached hydrogen (secondary N) is 1. The van der Waals surface area contributed by atoms with E-state index in [1.165, 1.54) is 19.3 Å². The van der Waals surface area contributed by atoms with Crippen molar-refractivity contribution < 1.29 is 0 Å². The summed E-state index contributed by atoms with van der Waals surface area (Å²) in [5.74, 6) is 0.947. The number of anilines is 1. The largest absolute Gasteiger partial charge is 0.355 e. The van der Waals surface area contributed by atoms with E-state index >= 15 is 0 Å². The fourth-order valence-corrected chi connectivity index (χ4v) is 3.06. The van der Waals surface area contributed by atoms with Gasteiger partial charge in [0.05, 0.1) is 5.02 Å². The number of nitrogens with zero attached hydrogens (tertiary/aromatic N) is 2. The van der Waals surface area contributed by atoms with Gasteiger partial charge in [-0.05, 0) is 36.3 Å². The molecule has 1 N–H and O–H groups in total. The third kappa shape index (κ3) is 4.86. The normalized spacial score (nSPS) is 18.9. The predicted octanol–water partition coefficient (Wildman–Crippen LogP) is 4.25. The summed E-state index contributed by atoms with van der Waals surface area (Å²) in [6, 6.07) is 2.52. The molecule has 1 aliphatic rings. The Morgan fingerprint density at radius 3 is 2.76 bits per heavy atom. The van der Waals surface area contributed by atoms with Crippen LogP contribution < -0.4 is 10.2 Å². The van der Waals surface area contributed by atoms with Gasteiger partial charge in [-0.15, -0.1) is 0 Å². The first kappa shape index (κ1) is 16.6. The molecule has 0 radical (unpaired) electrons. The van der Waals surface area contributed by atoms with Crippen LogP contribution in [0.15, 0.2) is 12.3 Å². The van der Waals surface area contributed by atoms with Crippen molar-refractivity contribution in [3.05, 3.63) is 22.8 Å². The van der Waals surface area contributed by atoms with Gasteiger partial charge in [-0.2, -0.15) is 0 Å². The van der Waals surface area contributed by atoms with Gasteiger partial charge in [0.2, 0.25) is 0 Å². The lowest BCUT2D eigenvalue weighted by molar-refractivity contribution is 0.325. The molecule has 4 heteroatoms. The molecule has 0 aromatic carbocycles. The molecule has 1 saturated heterocycles. The van der Waals surface area contributed by atoms with E-state index in [9.17, 15) is 0 Å². The van der Waals surface area contributed by atoms with E-state index < -0.39 is 0 Å². The van der Waals surface area contributed by atoms with Crippen molar-refractivity contribution in [1.29, 1.82) is 0 Å². The summed E-state index contributed by atoms with van der Waals surface area (Å²) in [4.78, 5) is 6.97. The van der Waals surface area contributed by atoms with Gasteiger partial charge in [-0.3, -0.25) is 0 Å². The Balaban J connectivity index is 2.06. The zero-order valence-corrected chi connectivity index (χ0v) is 14.5. The molecule has 0 aliphatic carbocycles. The van der Waals surface area contributed by atoms with Crippen molar-refractivity contribution in [3.63, 3.8) is 0 Å². The smallest absolute Gasteiger partial charge is 0.147 e. The molecule has 1 aromatic heterocycles. The Labute approximate surface area is 134 Å². The highest BCUT2D eigenvalue weighted by Gasteiger charge is 2.24. The molecule has 0 spiro atoms. The molecular formula is C17H28ClN3. The molecule has 2 heterocycles. The summed E-state index contributed by atoms with van der Waals surface area (Å²) in [6.07, 6.45) is 5.63. The van der Waals surface area contributed by atoms with E-state index in [0.29, 0.717) is 11.5 Å². The highest BCUT2D eigenvalue weighted by Crippen LogP contribution is 2.33. The van der Waals surface area contributed by atoms with Crippen LogP contribution in [0.25, 0.3) is 0 Å². The number of rotatable bonds is 4. The lowest BCUT2D eigenvalue weighted by Gasteiger charge is -2.25. The van der Waals surface area contributed by atoms with Gasteiger partial charge >= 0.3 is 0 Å². The maximum atomic E-state index is 6.47. The van der Waals surface area contributed by atoms with E-state index in [0.717, 1.165) is 36.0 Å². The Morgan fingerprint density at radius 2 is 2.10 bits per heavy atom. The molecule has 1 aromatic rings. The minimum absolute atomic E-state index is 0.433. The number of hydrogen-bond acceptors (Lipinski definition) is 3. The van der Waals surface area contributed by atoms with Crippen LogP contribution in [0.4, 0.5) is 5.82 Å². The summed E-state index contributed by atoms with van der Waals surface area (Å²) in [7, 11) is 0. The number of hydrogen-bond donors (Lipinski definition) is 1. The Morgan fingerprint density at radius 1 is 1.33 bits per heavy atom. The van der Waals surface area contributed by atoms with Crippen molar-refractivity contribution in [1.82, 2.24) is 10.3 Å². The Bertz CT molecular complexity index is 471. The van der Waals surface area contributed by atoms with E-state index in [2.05, 4.69) is 49.0 Å². The van der Waals surface area contributed by atoms with Crippen molar-refractivity contribution in [2.75, 3.05) is 18.0 Å². The lowest BCUT2D eigenvalue weighted by atomic mass is 9.85. The maximum Gasteiger partial charge on any atom is 0.147 e. The molecule has 1 fully saturated rings. The fraction of sp³-hybridized carbons (Fsp3) is 0.706. The molecule has 0 atom stereocenters. The van der Waals surface area contributed by atoms with E-state index in [1.807, 2.05) is 6.20 Å². The molecule has 0 amide bonds. The first-order valence-electron chi connectivity index (χ1n) is 8.00. The van der Waals surface area contributed by atoms with Crippen LogP contribution >= 0.6 is 11.6 Å². The van der Waals surface area contributed by atoms with Gasteiger partial charge in [-0.1, -0.05) is 39.3 Å². The highest BCUT2D eigenvalue weighted by atomic mass is 35.5. The van der Waals surface area contributed by atoms with Gasteiger partial charge in [0.15, 0.2) is 0 Å². The van der Waals surface area contributed by atoms with Crippen LogP contribution in [0, 0.1) is 5.41 Å². The fourth-order valence-electron chi connectivity index (χ4n) is 2.76. The van der Waals surface area contributed by atoms with Crippen molar-refractivity contribution in [2.45, 2.75) is 59.5 Å². The second-order valence-corrected chi connectivity index (χ2v) is 7.60. The van der Waals surface area contributed by atoms with Crippen LogP contribution in [-0.2, 0) is 6.54 Å². The third-order valence-electron chi connectivity index (χ3n) is 4.23. The molecule has 1 aliphatic heterocycles. The molecule has 0 unspecified atom stereocenters. The van der Waals surface area contributed by atoms with Gasteiger partial charge in [0.25, 0.3) is 0 Å². The summed E-state index contributed by atoms with van der Waals surface area (Å²) >= 11 is 6.47. The van der Waals surface area contributed by atoms with Crippen molar-refractivity contribution in [2.24, 2.45) is 5.41 Å². The second kappa shape index (κ2) is 6.97. The van der Waals surface area contributed by atoms with E-state index in [-0.39, 0.29) is 0 Å². The first-order valence-corrected chi connectivity index (χ1v) is 8.38. The van der Waals surface area contributed by atoms with Crippen LogP contribution in [0.1, 0.15) is 52.5 Å². The average Bonchev–Trinajstić information content (AvgIpc) is 2.58. The number of aromatic nitrogens is 1. The molecule has 0 saturated carbocycles. The zero-order chi connectivity index (χ0) is 15.5. The van der Waals surface area contributed by atoms with Crippen LogP contribution in [0.3, 0.4) is 0 Å².